The Morgan fingerprint density at radius 3 is 2.47 bits per heavy atom. The van der Waals surface area contributed by atoms with Crippen LogP contribution in [-0.2, 0) is 24.3 Å². The average molecular weight is 489 g/mol. The first-order valence-corrected chi connectivity index (χ1v) is 10.6. The Kier molecular flexibility index (Phi) is 7.59. The van der Waals surface area contributed by atoms with Crippen LogP contribution in [0.4, 0.5) is 22.0 Å². The Morgan fingerprint density at radius 2 is 1.91 bits per heavy atom. The van der Waals surface area contributed by atoms with Crippen molar-refractivity contribution in [1.29, 1.82) is 0 Å². The molecule has 1 aromatic heterocycles. The zero-order chi connectivity index (χ0) is 25.2. The van der Waals surface area contributed by atoms with E-state index in [2.05, 4.69) is 11.9 Å². The van der Waals surface area contributed by atoms with E-state index in [9.17, 15) is 26.7 Å². The van der Waals surface area contributed by atoms with Gasteiger partial charge in [0.1, 0.15) is 17.4 Å². The van der Waals surface area contributed by atoms with E-state index in [-0.39, 0.29) is 17.8 Å². The number of carboxylic acids is 1. The van der Waals surface area contributed by atoms with E-state index < -0.39 is 23.8 Å². The quantitative estimate of drug-likeness (QED) is 0.653. The lowest BCUT2D eigenvalue weighted by Gasteiger charge is -2.38. The van der Waals surface area contributed by atoms with E-state index in [0.717, 1.165) is 30.4 Å². The standard InChI is InChI=1S/C20H23F2N3O2.C2HF3O2/c1-12-7-15(8-12)24(2)20(26)19-23-17-11-25(6-5-18(17)27-19)10-13-3-4-14(21)9-16(13)22;3-2(4,5)1(6)7/h3-4,9,12,15H,5-8,10-11H2,1-2H3;(H,6,7). The van der Waals surface area contributed by atoms with Crippen LogP contribution in [0.15, 0.2) is 22.6 Å². The molecule has 0 bridgehead atoms. The number of aliphatic carboxylic acids is 1. The number of carboxylic acid groups (broad SMARTS) is 1. The molecular weight excluding hydrogens is 465 g/mol. The van der Waals surface area contributed by atoms with Gasteiger partial charge in [-0.1, -0.05) is 13.0 Å². The molecule has 0 saturated heterocycles. The van der Waals surface area contributed by atoms with E-state index in [0.29, 0.717) is 37.5 Å². The van der Waals surface area contributed by atoms with Gasteiger partial charge < -0.3 is 14.4 Å². The summed E-state index contributed by atoms with van der Waals surface area (Å²) in [4.78, 5) is 29.7. The van der Waals surface area contributed by atoms with E-state index in [1.54, 1.807) is 11.9 Å². The molecule has 1 N–H and O–H groups in total. The molecular formula is C22H24F5N3O4. The lowest BCUT2D eigenvalue weighted by atomic mass is 9.81. The number of hydrogen-bond acceptors (Lipinski definition) is 5. The summed E-state index contributed by atoms with van der Waals surface area (Å²) in [7, 11) is 1.80. The lowest BCUT2D eigenvalue weighted by Crippen LogP contribution is -2.44. The molecule has 12 heteroatoms. The van der Waals surface area contributed by atoms with Gasteiger partial charge in [0.05, 0.1) is 5.69 Å². The van der Waals surface area contributed by atoms with Crippen LogP contribution < -0.4 is 0 Å². The number of hydrogen-bond donors (Lipinski definition) is 1. The van der Waals surface area contributed by atoms with Crippen molar-refractivity contribution in [2.24, 2.45) is 5.92 Å². The molecule has 1 saturated carbocycles. The summed E-state index contributed by atoms with van der Waals surface area (Å²) in [5.41, 5.74) is 1.17. The van der Waals surface area contributed by atoms with Gasteiger partial charge in [-0.2, -0.15) is 13.2 Å². The first-order chi connectivity index (χ1) is 15.8. The van der Waals surface area contributed by atoms with Gasteiger partial charge in [-0.15, -0.1) is 0 Å². The second-order valence-corrected chi connectivity index (χ2v) is 8.53. The summed E-state index contributed by atoms with van der Waals surface area (Å²) in [6, 6.07) is 3.88. The van der Waals surface area contributed by atoms with Gasteiger partial charge >= 0.3 is 18.1 Å². The maximum absolute atomic E-state index is 13.9. The molecule has 186 valence electrons. The summed E-state index contributed by atoms with van der Waals surface area (Å²) in [5, 5.41) is 7.12. The molecule has 1 amide bonds. The predicted octanol–water partition coefficient (Wildman–Crippen LogP) is 4.01. The molecule has 4 rings (SSSR count). The third-order valence-corrected chi connectivity index (χ3v) is 5.86. The van der Waals surface area contributed by atoms with Gasteiger partial charge in [-0.25, -0.2) is 18.6 Å². The Hall–Kier alpha value is -3.02. The van der Waals surface area contributed by atoms with Gasteiger partial charge in [0.15, 0.2) is 0 Å². The fraction of sp³-hybridized carbons (Fsp3) is 0.500. The molecule has 2 heterocycles. The second kappa shape index (κ2) is 10.1. The van der Waals surface area contributed by atoms with Gasteiger partial charge in [0.25, 0.3) is 5.89 Å². The molecule has 34 heavy (non-hydrogen) atoms. The second-order valence-electron chi connectivity index (χ2n) is 8.53. The fourth-order valence-corrected chi connectivity index (χ4v) is 3.86. The van der Waals surface area contributed by atoms with Crippen molar-refractivity contribution >= 4 is 11.9 Å². The van der Waals surface area contributed by atoms with Gasteiger partial charge in [0, 0.05) is 50.8 Å². The molecule has 2 aliphatic rings. The highest BCUT2D eigenvalue weighted by molar-refractivity contribution is 5.89. The zero-order valence-electron chi connectivity index (χ0n) is 18.5. The molecule has 0 atom stereocenters. The molecule has 0 radical (unpaired) electrons. The van der Waals surface area contributed by atoms with Crippen LogP contribution in [-0.4, -0.2) is 57.6 Å². The number of alkyl halides is 3. The van der Waals surface area contributed by atoms with Crippen molar-refractivity contribution in [2.45, 2.75) is 51.5 Å². The molecule has 2 aromatic rings. The van der Waals surface area contributed by atoms with Crippen LogP contribution in [0.1, 0.15) is 47.5 Å². The van der Waals surface area contributed by atoms with Crippen molar-refractivity contribution in [3.63, 3.8) is 0 Å². The van der Waals surface area contributed by atoms with E-state index in [1.807, 2.05) is 4.90 Å². The zero-order valence-corrected chi connectivity index (χ0v) is 18.5. The first-order valence-electron chi connectivity index (χ1n) is 10.6. The third-order valence-electron chi connectivity index (χ3n) is 5.86. The topological polar surface area (TPSA) is 86.9 Å². The largest absolute Gasteiger partial charge is 0.490 e. The highest BCUT2D eigenvalue weighted by Crippen LogP contribution is 2.31. The highest BCUT2D eigenvalue weighted by atomic mass is 19.4. The summed E-state index contributed by atoms with van der Waals surface area (Å²) in [5.74, 6) is -2.55. The molecule has 1 aromatic carbocycles. The average Bonchev–Trinajstić information content (AvgIpc) is 3.15. The molecule has 0 spiro atoms. The van der Waals surface area contributed by atoms with Crippen LogP contribution in [0.5, 0.6) is 0 Å². The maximum Gasteiger partial charge on any atom is 0.490 e. The number of benzene rings is 1. The van der Waals surface area contributed by atoms with E-state index in [4.69, 9.17) is 14.3 Å². The SMILES string of the molecule is CC1CC(N(C)C(=O)c2nc3c(o2)CCN(Cc2ccc(F)cc2F)C3)C1.O=C(O)C(F)(F)F. The molecule has 7 nitrogen and oxygen atoms in total. The Bertz CT molecular complexity index is 1050. The van der Waals surface area contributed by atoms with Crippen molar-refractivity contribution in [3.8, 4) is 0 Å². The number of carbonyl (C=O) groups is 2. The van der Waals surface area contributed by atoms with Gasteiger partial charge in [-0.3, -0.25) is 9.69 Å². The Morgan fingerprint density at radius 1 is 1.26 bits per heavy atom. The van der Waals surface area contributed by atoms with Crippen LogP contribution in [0, 0.1) is 17.6 Å². The fourth-order valence-electron chi connectivity index (χ4n) is 3.86. The number of nitrogens with zero attached hydrogens (tertiary/aromatic N) is 3. The van der Waals surface area contributed by atoms with Gasteiger partial charge in [0.2, 0.25) is 0 Å². The molecule has 1 aliphatic carbocycles. The predicted molar refractivity (Wildman–Crippen MR) is 109 cm³/mol. The summed E-state index contributed by atoms with van der Waals surface area (Å²) in [6.07, 6.45) is -2.44. The monoisotopic (exact) mass is 489 g/mol. The molecule has 1 fully saturated rings. The minimum absolute atomic E-state index is 0.136. The summed E-state index contributed by atoms with van der Waals surface area (Å²) >= 11 is 0. The first kappa shape index (κ1) is 25.6. The number of halogens is 5. The lowest BCUT2D eigenvalue weighted by molar-refractivity contribution is -0.192. The number of carbonyl (C=O) groups excluding carboxylic acids is 1. The summed E-state index contributed by atoms with van der Waals surface area (Å²) in [6.45, 7) is 3.69. The normalized spacial score (nSPS) is 20.0. The number of rotatable bonds is 4. The Balaban J connectivity index is 0.000000406. The van der Waals surface area contributed by atoms with Crippen molar-refractivity contribution in [2.75, 3.05) is 13.6 Å². The number of fused-ring (bicyclic) bond motifs is 1. The third kappa shape index (κ3) is 6.10. The molecule has 1 aliphatic heterocycles. The Labute approximate surface area is 192 Å². The van der Waals surface area contributed by atoms with Crippen molar-refractivity contribution in [1.82, 2.24) is 14.8 Å². The minimum atomic E-state index is -5.08. The number of oxazole rings is 1. The maximum atomic E-state index is 13.9. The smallest absolute Gasteiger partial charge is 0.475 e. The van der Waals surface area contributed by atoms with Crippen LogP contribution in [0.25, 0.3) is 0 Å². The van der Waals surface area contributed by atoms with E-state index in [1.165, 1.54) is 12.1 Å². The van der Waals surface area contributed by atoms with Crippen molar-refractivity contribution < 1.29 is 41.1 Å². The highest BCUT2D eigenvalue weighted by Gasteiger charge is 2.38. The minimum Gasteiger partial charge on any atom is -0.475 e. The van der Waals surface area contributed by atoms with E-state index >= 15 is 0 Å². The van der Waals surface area contributed by atoms with Crippen LogP contribution >= 0.6 is 0 Å². The van der Waals surface area contributed by atoms with Gasteiger partial charge in [-0.05, 0) is 24.8 Å². The van der Waals surface area contributed by atoms with Crippen LogP contribution in [0.3, 0.4) is 0 Å². The number of aromatic nitrogens is 1. The number of amides is 1. The summed E-state index contributed by atoms with van der Waals surface area (Å²) < 4.78 is 64.4. The molecule has 0 unspecified atom stereocenters. The van der Waals surface area contributed by atoms with Crippen molar-refractivity contribution in [3.05, 3.63) is 52.7 Å². The van der Waals surface area contributed by atoms with Crippen LogP contribution in [0.2, 0.25) is 0 Å².